The second-order valence-corrected chi connectivity index (χ2v) is 7.85. The van der Waals surface area contributed by atoms with Gasteiger partial charge in [0.25, 0.3) is 5.91 Å². The molecular formula is C16H21N3O3S. The fourth-order valence-corrected chi connectivity index (χ4v) is 4.01. The van der Waals surface area contributed by atoms with E-state index in [4.69, 9.17) is 4.74 Å². The van der Waals surface area contributed by atoms with Crippen molar-refractivity contribution in [2.45, 2.75) is 38.4 Å². The Morgan fingerprint density at radius 2 is 2.26 bits per heavy atom. The first kappa shape index (κ1) is 15.1. The highest BCUT2D eigenvalue weighted by molar-refractivity contribution is 7.09. The van der Waals surface area contributed by atoms with Crippen LogP contribution in [-0.4, -0.2) is 53.5 Å². The first-order chi connectivity index (χ1) is 11.1. The minimum absolute atomic E-state index is 0.0332. The molecule has 3 heterocycles. The van der Waals surface area contributed by atoms with E-state index in [1.54, 1.807) is 10.3 Å². The fraction of sp³-hybridized carbons (Fsp3) is 0.688. The van der Waals surface area contributed by atoms with Crippen LogP contribution in [0.1, 0.15) is 34.8 Å². The Morgan fingerprint density at radius 3 is 2.96 bits per heavy atom. The Balaban J connectivity index is 1.39. The molecule has 2 saturated heterocycles. The van der Waals surface area contributed by atoms with Gasteiger partial charge in [0, 0.05) is 25.0 Å². The number of hydrogen-bond donors (Lipinski definition) is 1. The first-order valence-electron chi connectivity index (χ1n) is 8.24. The zero-order chi connectivity index (χ0) is 16.0. The van der Waals surface area contributed by atoms with Gasteiger partial charge in [-0.3, -0.25) is 9.59 Å². The quantitative estimate of drug-likeness (QED) is 0.898. The number of ether oxygens (including phenoxy) is 1. The lowest BCUT2D eigenvalue weighted by atomic mass is 9.99. The number of morpholine rings is 1. The maximum absolute atomic E-state index is 12.5. The highest BCUT2D eigenvalue weighted by Crippen LogP contribution is 2.33. The summed E-state index contributed by atoms with van der Waals surface area (Å²) in [6, 6.07) is 0. The number of rotatable bonds is 4. The average molecular weight is 335 g/mol. The van der Waals surface area contributed by atoms with Crippen molar-refractivity contribution >= 4 is 23.2 Å². The van der Waals surface area contributed by atoms with Crippen LogP contribution in [0.4, 0.5) is 0 Å². The molecule has 3 fully saturated rings. The Kier molecular flexibility index (Phi) is 3.85. The van der Waals surface area contributed by atoms with Crippen LogP contribution in [0.3, 0.4) is 0 Å². The van der Waals surface area contributed by atoms with Crippen LogP contribution in [0.15, 0.2) is 5.38 Å². The van der Waals surface area contributed by atoms with Crippen LogP contribution in [0.25, 0.3) is 0 Å². The summed E-state index contributed by atoms with van der Waals surface area (Å²) in [5.41, 5.74) is 0.503. The predicted octanol–water partition coefficient (Wildman–Crippen LogP) is 1.21. The van der Waals surface area contributed by atoms with Gasteiger partial charge in [0.1, 0.15) is 5.69 Å². The van der Waals surface area contributed by atoms with Crippen molar-refractivity contribution in [3.63, 3.8) is 0 Å². The molecule has 1 aromatic heterocycles. The molecule has 23 heavy (non-hydrogen) atoms. The molecule has 0 aromatic carbocycles. The van der Waals surface area contributed by atoms with E-state index in [0.29, 0.717) is 31.1 Å². The number of hydrogen-bond acceptors (Lipinski definition) is 5. The van der Waals surface area contributed by atoms with Crippen LogP contribution >= 0.6 is 11.3 Å². The molecule has 0 spiro atoms. The number of fused-ring (bicyclic) bond motifs is 2. The molecule has 3 unspecified atom stereocenters. The summed E-state index contributed by atoms with van der Waals surface area (Å²) in [7, 11) is 0. The van der Waals surface area contributed by atoms with Crippen LogP contribution in [-0.2, 0) is 9.53 Å². The Morgan fingerprint density at radius 1 is 1.43 bits per heavy atom. The standard InChI is InChI=1S/C16H21N3O3S/c1-9-18-13(8-23-9)16(21)19-6-11-4-12(14(7-19)22-11)15(20)17-5-10-2-3-10/h8,10-12,14H,2-7H2,1H3,(H,17,20). The number of nitrogens with zero attached hydrogens (tertiary/aromatic N) is 2. The number of amides is 2. The number of aryl methyl sites for hydroxylation is 1. The second-order valence-electron chi connectivity index (χ2n) is 6.79. The van der Waals surface area contributed by atoms with E-state index in [1.165, 1.54) is 24.2 Å². The van der Waals surface area contributed by atoms with Crippen molar-refractivity contribution in [3.05, 3.63) is 16.1 Å². The van der Waals surface area contributed by atoms with Gasteiger partial charge >= 0.3 is 0 Å². The molecule has 124 valence electrons. The first-order valence-corrected chi connectivity index (χ1v) is 9.12. The van der Waals surface area contributed by atoms with Crippen molar-refractivity contribution in [2.24, 2.45) is 11.8 Å². The van der Waals surface area contributed by atoms with E-state index in [1.807, 2.05) is 6.92 Å². The summed E-state index contributed by atoms with van der Waals surface area (Å²) in [5, 5.41) is 5.74. The molecule has 3 aliphatic rings. The Labute approximate surface area is 139 Å². The zero-order valence-corrected chi connectivity index (χ0v) is 14.0. The van der Waals surface area contributed by atoms with Gasteiger partial charge in [-0.25, -0.2) is 4.98 Å². The molecule has 6 nitrogen and oxygen atoms in total. The van der Waals surface area contributed by atoms with E-state index in [0.717, 1.165) is 11.6 Å². The number of carbonyl (C=O) groups is 2. The maximum Gasteiger partial charge on any atom is 0.273 e. The highest BCUT2D eigenvalue weighted by atomic mass is 32.1. The Hall–Kier alpha value is -1.47. The molecule has 4 rings (SSSR count). The van der Waals surface area contributed by atoms with E-state index < -0.39 is 0 Å². The molecule has 7 heteroatoms. The van der Waals surface area contributed by atoms with Crippen molar-refractivity contribution in [3.8, 4) is 0 Å². The summed E-state index contributed by atoms with van der Waals surface area (Å²) in [6.07, 6.45) is 2.94. The topological polar surface area (TPSA) is 71.5 Å². The average Bonchev–Trinajstić information content (AvgIpc) is 3.20. The largest absolute Gasteiger partial charge is 0.370 e. The summed E-state index contributed by atoms with van der Waals surface area (Å²) in [4.78, 5) is 31.0. The van der Waals surface area contributed by atoms with Crippen LogP contribution in [0.2, 0.25) is 0 Å². The number of aromatic nitrogens is 1. The van der Waals surface area contributed by atoms with Crippen molar-refractivity contribution < 1.29 is 14.3 Å². The van der Waals surface area contributed by atoms with Gasteiger partial charge in [0.05, 0.1) is 23.1 Å². The summed E-state index contributed by atoms with van der Waals surface area (Å²) < 4.78 is 5.90. The second kappa shape index (κ2) is 5.87. The number of likely N-dealkylation sites (tertiary alicyclic amines) is 1. The van der Waals surface area contributed by atoms with Gasteiger partial charge in [0.15, 0.2) is 0 Å². The molecule has 1 aliphatic carbocycles. The molecular weight excluding hydrogens is 314 g/mol. The summed E-state index contributed by atoms with van der Waals surface area (Å²) in [6.45, 7) is 3.71. The van der Waals surface area contributed by atoms with Gasteiger partial charge in [0.2, 0.25) is 5.91 Å². The monoisotopic (exact) mass is 335 g/mol. The van der Waals surface area contributed by atoms with Crippen molar-refractivity contribution in [1.82, 2.24) is 15.2 Å². The van der Waals surface area contributed by atoms with Gasteiger partial charge in [-0.2, -0.15) is 0 Å². The lowest BCUT2D eigenvalue weighted by Crippen LogP contribution is -2.48. The number of carbonyl (C=O) groups excluding carboxylic acids is 2. The number of nitrogens with one attached hydrogen (secondary N) is 1. The molecule has 0 radical (unpaired) electrons. The van der Waals surface area contributed by atoms with Crippen LogP contribution in [0, 0.1) is 18.8 Å². The highest BCUT2D eigenvalue weighted by Gasteiger charge is 2.46. The third-order valence-electron chi connectivity index (χ3n) is 4.88. The molecule has 2 bridgehead atoms. The Bertz CT molecular complexity index is 628. The maximum atomic E-state index is 12.5. The van der Waals surface area contributed by atoms with Gasteiger partial charge in [-0.05, 0) is 32.1 Å². The van der Waals surface area contributed by atoms with Gasteiger partial charge in [-0.1, -0.05) is 0 Å². The molecule has 2 aliphatic heterocycles. The van der Waals surface area contributed by atoms with E-state index >= 15 is 0 Å². The summed E-state index contributed by atoms with van der Waals surface area (Å²) >= 11 is 1.48. The molecule has 2 amide bonds. The van der Waals surface area contributed by atoms with E-state index in [-0.39, 0.29) is 29.9 Å². The SMILES string of the molecule is Cc1nc(C(=O)N2CC3CC(C(=O)NCC4CC4)C(C2)O3)cs1. The zero-order valence-electron chi connectivity index (χ0n) is 13.2. The third-order valence-corrected chi connectivity index (χ3v) is 5.65. The third kappa shape index (κ3) is 3.12. The lowest BCUT2D eigenvalue weighted by Gasteiger charge is -2.32. The predicted molar refractivity (Wildman–Crippen MR) is 85.3 cm³/mol. The summed E-state index contributed by atoms with van der Waals surface area (Å²) in [5.74, 6) is 0.579. The fourth-order valence-electron chi connectivity index (χ4n) is 3.42. The number of thiazole rings is 1. The van der Waals surface area contributed by atoms with E-state index in [2.05, 4.69) is 10.3 Å². The smallest absolute Gasteiger partial charge is 0.273 e. The molecule has 3 atom stereocenters. The molecule has 1 saturated carbocycles. The van der Waals surface area contributed by atoms with Gasteiger partial charge in [-0.15, -0.1) is 11.3 Å². The van der Waals surface area contributed by atoms with Crippen molar-refractivity contribution in [1.29, 1.82) is 0 Å². The minimum Gasteiger partial charge on any atom is -0.370 e. The van der Waals surface area contributed by atoms with Gasteiger partial charge < -0.3 is 15.0 Å². The lowest BCUT2D eigenvalue weighted by molar-refractivity contribution is -0.127. The van der Waals surface area contributed by atoms with Crippen LogP contribution < -0.4 is 5.32 Å². The van der Waals surface area contributed by atoms with Crippen LogP contribution in [0.5, 0.6) is 0 Å². The van der Waals surface area contributed by atoms with Crippen molar-refractivity contribution in [2.75, 3.05) is 19.6 Å². The molecule has 1 N–H and O–H groups in total. The normalized spacial score (nSPS) is 29.6. The minimum atomic E-state index is -0.184. The van der Waals surface area contributed by atoms with E-state index in [9.17, 15) is 9.59 Å². The molecule has 1 aromatic rings.